The third-order valence-electron chi connectivity index (χ3n) is 3.55. The molecule has 0 amide bonds. The molecule has 1 N–H and O–H groups in total. The van der Waals surface area contributed by atoms with Crippen LogP contribution >= 0.6 is 11.3 Å². The fourth-order valence-electron chi connectivity index (χ4n) is 2.54. The molecule has 1 fully saturated rings. The Morgan fingerprint density at radius 3 is 2.94 bits per heavy atom. The Balaban J connectivity index is 2.19. The SMILES string of the molecule is Cc1nc(C(C)N2CCC(C)C2C(=O)O)cs1. The quantitative estimate of drug-likeness (QED) is 0.899. The minimum Gasteiger partial charge on any atom is -0.480 e. The first-order valence-electron chi connectivity index (χ1n) is 5.91. The number of carboxylic acids is 1. The van der Waals surface area contributed by atoms with E-state index in [2.05, 4.69) is 9.88 Å². The van der Waals surface area contributed by atoms with Gasteiger partial charge in [0.2, 0.25) is 0 Å². The third-order valence-corrected chi connectivity index (χ3v) is 4.35. The van der Waals surface area contributed by atoms with Crippen LogP contribution in [0.2, 0.25) is 0 Å². The molecular formula is C12H18N2O2S. The number of hydrogen-bond donors (Lipinski definition) is 1. The zero-order chi connectivity index (χ0) is 12.6. The maximum Gasteiger partial charge on any atom is 0.321 e. The lowest BCUT2D eigenvalue weighted by atomic mass is 10.0. The second-order valence-electron chi connectivity index (χ2n) is 4.75. The molecule has 1 aliphatic rings. The fraction of sp³-hybridized carbons (Fsp3) is 0.667. The van der Waals surface area contributed by atoms with E-state index in [1.807, 2.05) is 26.2 Å². The summed E-state index contributed by atoms with van der Waals surface area (Å²) in [6.07, 6.45) is 0.949. The van der Waals surface area contributed by atoms with Gasteiger partial charge in [-0.15, -0.1) is 11.3 Å². The van der Waals surface area contributed by atoms with Gasteiger partial charge in [0.25, 0.3) is 0 Å². The molecule has 1 aromatic rings. The normalized spacial score (nSPS) is 27.2. The Labute approximate surface area is 105 Å². The molecule has 0 aromatic carbocycles. The van der Waals surface area contributed by atoms with Crippen LogP contribution in [0.15, 0.2) is 5.38 Å². The number of aryl methyl sites for hydroxylation is 1. The molecule has 0 spiro atoms. The van der Waals surface area contributed by atoms with Gasteiger partial charge in [-0.3, -0.25) is 9.69 Å². The molecule has 94 valence electrons. The molecule has 1 saturated heterocycles. The molecule has 0 bridgehead atoms. The summed E-state index contributed by atoms with van der Waals surface area (Å²) >= 11 is 1.62. The summed E-state index contributed by atoms with van der Waals surface area (Å²) in [7, 11) is 0. The Morgan fingerprint density at radius 1 is 1.71 bits per heavy atom. The van der Waals surface area contributed by atoms with E-state index >= 15 is 0 Å². The Hall–Kier alpha value is -0.940. The van der Waals surface area contributed by atoms with Gasteiger partial charge in [-0.1, -0.05) is 6.92 Å². The topological polar surface area (TPSA) is 53.4 Å². The molecular weight excluding hydrogens is 236 g/mol. The van der Waals surface area contributed by atoms with Gasteiger partial charge >= 0.3 is 5.97 Å². The predicted molar refractivity (Wildman–Crippen MR) is 67.2 cm³/mol. The molecule has 4 nitrogen and oxygen atoms in total. The molecule has 0 radical (unpaired) electrons. The van der Waals surface area contributed by atoms with Crippen LogP contribution in [-0.4, -0.2) is 33.5 Å². The van der Waals surface area contributed by atoms with Crippen molar-refractivity contribution in [2.45, 2.75) is 39.3 Å². The van der Waals surface area contributed by atoms with Crippen LogP contribution in [0.4, 0.5) is 0 Å². The van der Waals surface area contributed by atoms with E-state index in [-0.39, 0.29) is 18.0 Å². The third kappa shape index (κ3) is 2.35. The first-order chi connectivity index (χ1) is 8.00. The minimum absolute atomic E-state index is 0.0889. The van der Waals surface area contributed by atoms with E-state index in [9.17, 15) is 9.90 Å². The van der Waals surface area contributed by atoms with Gasteiger partial charge in [0, 0.05) is 5.38 Å². The highest BCUT2D eigenvalue weighted by Crippen LogP contribution is 2.32. The molecule has 5 heteroatoms. The average Bonchev–Trinajstić information content (AvgIpc) is 2.83. The van der Waals surface area contributed by atoms with Crippen molar-refractivity contribution >= 4 is 17.3 Å². The maximum absolute atomic E-state index is 11.3. The van der Waals surface area contributed by atoms with E-state index in [1.165, 1.54) is 0 Å². The fourth-order valence-corrected chi connectivity index (χ4v) is 3.24. The van der Waals surface area contributed by atoms with Crippen LogP contribution in [0.3, 0.4) is 0 Å². The van der Waals surface area contributed by atoms with E-state index in [1.54, 1.807) is 11.3 Å². The monoisotopic (exact) mass is 254 g/mol. The lowest BCUT2D eigenvalue weighted by Gasteiger charge is -2.28. The van der Waals surface area contributed by atoms with Crippen molar-refractivity contribution in [3.05, 3.63) is 16.1 Å². The van der Waals surface area contributed by atoms with Crippen LogP contribution in [0, 0.1) is 12.8 Å². The number of likely N-dealkylation sites (tertiary alicyclic amines) is 1. The van der Waals surface area contributed by atoms with Crippen LogP contribution in [0.25, 0.3) is 0 Å². The van der Waals surface area contributed by atoms with Crippen LogP contribution in [-0.2, 0) is 4.79 Å². The summed E-state index contributed by atoms with van der Waals surface area (Å²) in [5.74, 6) is -0.497. The highest BCUT2D eigenvalue weighted by molar-refractivity contribution is 7.09. The highest BCUT2D eigenvalue weighted by atomic mass is 32.1. The van der Waals surface area contributed by atoms with Crippen LogP contribution < -0.4 is 0 Å². The predicted octanol–water partition coefficient (Wildman–Crippen LogP) is 2.31. The summed E-state index contributed by atoms with van der Waals surface area (Å²) in [4.78, 5) is 17.8. The number of aromatic nitrogens is 1. The number of hydrogen-bond acceptors (Lipinski definition) is 4. The Bertz CT molecular complexity index is 418. The van der Waals surface area contributed by atoms with Gasteiger partial charge < -0.3 is 5.11 Å². The highest BCUT2D eigenvalue weighted by Gasteiger charge is 2.39. The largest absolute Gasteiger partial charge is 0.480 e. The van der Waals surface area contributed by atoms with Crippen molar-refractivity contribution in [2.75, 3.05) is 6.54 Å². The molecule has 17 heavy (non-hydrogen) atoms. The van der Waals surface area contributed by atoms with Gasteiger partial charge in [-0.2, -0.15) is 0 Å². The summed E-state index contributed by atoms with van der Waals surface area (Å²) in [5, 5.41) is 12.4. The van der Waals surface area contributed by atoms with E-state index in [0.29, 0.717) is 0 Å². The van der Waals surface area contributed by atoms with Gasteiger partial charge in [-0.05, 0) is 32.7 Å². The number of nitrogens with zero attached hydrogens (tertiary/aromatic N) is 2. The molecule has 3 atom stereocenters. The molecule has 2 rings (SSSR count). The molecule has 0 aliphatic carbocycles. The number of carboxylic acid groups (broad SMARTS) is 1. The van der Waals surface area contributed by atoms with Crippen molar-refractivity contribution in [1.29, 1.82) is 0 Å². The number of rotatable bonds is 3. The van der Waals surface area contributed by atoms with E-state index in [0.717, 1.165) is 23.7 Å². The van der Waals surface area contributed by atoms with Gasteiger partial charge in [0.15, 0.2) is 0 Å². The van der Waals surface area contributed by atoms with E-state index in [4.69, 9.17) is 0 Å². The summed E-state index contributed by atoms with van der Waals surface area (Å²) in [6, 6.07) is -0.280. The second kappa shape index (κ2) is 4.74. The Morgan fingerprint density at radius 2 is 2.41 bits per heavy atom. The zero-order valence-corrected chi connectivity index (χ0v) is 11.2. The number of carbonyl (C=O) groups is 1. The lowest BCUT2D eigenvalue weighted by molar-refractivity contribution is -0.144. The average molecular weight is 254 g/mol. The first kappa shape index (κ1) is 12.5. The summed E-state index contributed by atoms with van der Waals surface area (Å²) in [6.45, 7) is 6.87. The van der Waals surface area contributed by atoms with Gasteiger partial charge in [0.05, 0.1) is 16.7 Å². The second-order valence-corrected chi connectivity index (χ2v) is 5.82. The van der Waals surface area contributed by atoms with Crippen molar-refractivity contribution < 1.29 is 9.90 Å². The first-order valence-corrected chi connectivity index (χ1v) is 6.79. The maximum atomic E-state index is 11.3. The van der Waals surface area contributed by atoms with Crippen molar-refractivity contribution in [3.8, 4) is 0 Å². The zero-order valence-electron chi connectivity index (χ0n) is 10.4. The van der Waals surface area contributed by atoms with Crippen LogP contribution in [0.1, 0.15) is 37.0 Å². The van der Waals surface area contributed by atoms with Gasteiger partial charge in [0.1, 0.15) is 6.04 Å². The van der Waals surface area contributed by atoms with Crippen molar-refractivity contribution in [2.24, 2.45) is 5.92 Å². The smallest absolute Gasteiger partial charge is 0.321 e. The molecule has 0 saturated carbocycles. The number of thiazole rings is 1. The van der Waals surface area contributed by atoms with Crippen molar-refractivity contribution in [1.82, 2.24) is 9.88 Å². The molecule has 2 heterocycles. The molecule has 1 aliphatic heterocycles. The molecule has 3 unspecified atom stereocenters. The van der Waals surface area contributed by atoms with Crippen LogP contribution in [0.5, 0.6) is 0 Å². The standard InChI is InChI=1S/C12H18N2O2S/c1-7-4-5-14(11(7)12(15)16)8(2)10-6-17-9(3)13-10/h6-8,11H,4-5H2,1-3H3,(H,15,16). The van der Waals surface area contributed by atoms with Gasteiger partial charge in [-0.25, -0.2) is 4.98 Å². The summed E-state index contributed by atoms with van der Waals surface area (Å²) < 4.78 is 0. The van der Waals surface area contributed by atoms with Crippen molar-refractivity contribution in [3.63, 3.8) is 0 Å². The van der Waals surface area contributed by atoms with E-state index < -0.39 is 5.97 Å². The Kier molecular flexibility index (Phi) is 3.49. The molecule has 1 aromatic heterocycles. The minimum atomic E-state index is -0.714. The lowest BCUT2D eigenvalue weighted by Crippen LogP contribution is -2.40. The number of aliphatic carboxylic acids is 1. The summed E-state index contributed by atoms with van der Waals surface area (Å²) in [5.41, 5.74) is 0.993.